The quantitative estimate of drug-likeness (QED) is 0.601. The number of hydrogen-bond acceptors (Lipinski definition) is 6. The molecule has 28 heavy (non-hydrogen) atoms. The van der Waals surface area contributed by atoms with Gasteiger partial charge < -0.3 is 9.09 Å². The Morgan fingerprint density at radius 2 is 1.75 bits per heavy atom. The SMILES string of the molecule is CCN(CC)S(=O)(=O)c1ccc(=O)n(Cc2nc(-c3ccc(C)cc3)no2)c1. The van der Waals surface area contributed by atoms with Crippen LogP contribution in [0.1, 0.15) is 25.3 Å². The molecule has 0 bridgehead atoms. The fraction of sp³-hybridized carbons (Fsp3) is 0.316. The van der Waals surface area contributed by atoms with E-state index in [0.29, 0.717) is 18.9 Å². The lowest BCUT2D eigenvalue weighted by Crippen LogP contribution is -2.32. The van der Waals surface area contributed by atoms with E-state index >= 15 is 0 Å². The van der Waals surface area contributed by atoms with Crippen LogP contribution in [0.25, 0.3) is 11.4 Å². The largest absolute Gasteiger partial charge is 0.337 e. The molecule has 0 amide bonds. The summed E-state index contributed by atoms with van der Waals surface area (Å²) in [7, 11) is -3.67. The lowest BCUT2D eigenvalue weighted by molar-refractivity contribution is 0.369. The van der Waals surface area contributed by atoms with Gasteiger partial charge in [0.25, 0.3) is 5.56 Å². The van der Waals surface area contributed by atoms with Gasteiger partial charge in [0.1, 0.15) is 6.54 Å². The molecule has 0 aliphatic heterocycles. The summed E-state index contributed by atoms with van der Waals surface area (Å²) in [6.45, 7) is 6.20. The highest BCUT2D eigenvalue weighted by molar-refractivity contribution is 7.89. The smallest absolute Gasteiger partial charge is 0.251 e. The van der Waals surface area contributed by atoms with E-state index in [1.54, 1.807) is 13.8 Å². The molecule has 0 aliphatic rings. The van der Waals surface area contributed by atoms with Crippen molar-refractivity contribution in [3.05, 3.63) is 64.4 Å². The molecule has 0 spiro atoms. The topological polar surface area (TPSA) is 98.3 Å². The molecule has 3 rings (SSSR count). The van der Waals surface area contributed by atoms with Crippen LogP contribution in [0.2, 0.25) is 0 Å². The molecule has 0 atom stereocenters. The van der Waals surface area contributed by atoms with E-state index in [0.717, 1.165) is 11.1 Å². The molecule has 0 saturated heterocycles. The first-order valence-electron chi connectivity index (χ1n) is 8.95. The Morgan fingerprint density at radius 3 is 2.39 bits per heavy atom. The first-order chi connectivity index (χ1) is 13.3. The Balaban J connectivity index is 1.89. The zero-order chi connectivity index (χ0) is 20.3. The maximum atomic E-state index is 12.7. The third kappa shape index (κ3) is 4.05. The summed E-state index contributed by atoms with van der Waals surface area (Å²) in [5, 5.41) is 3.94. The van der Waals surface area contributed by atoms with Gasteiger partial charge in [0, 0.05) is 30.9 Å². The first-order valence-corrected chi connectivity index (χ1v) is 10.4. The molecule has 0 saturated carbocycles. The Morgan fingerprint density at radius 1 is 1.07 bits per heavy atom. The summed E-state index contributed by atoms with van der Waals surface area (Å²) in [6.07, 6.45) is 1.31. The Hall–Kier alpha value is -2.78. The minimum atomic E-state index is -3.67. The second-order valence-corrected chi connectivity index (χ2v) is 8.24. The zero-order valence-electron chi connectivity index (χ0n) is 16.0. The van der Waals surface area contributed by atoms with Gasteiger partial charge in [-0.2, -0.15) is 9.29 Å². The van der Waals surface area contributed by atoms with Gasteiger partial charge in [0.05, 0.1) is 4.90 Å². The van der Waals surface area contributed by atoms with Crippen molar-refractivity contribution < 1.29 is 12.9 Å². The van der Waals surface area contributed by atoms with Crippen molar-refractivity contribution in [2.24, 2.45) is 0 Å². The van der Waals surface area contributed by atoms with Gasteiger partial charge >= 0.3 is 0 Å². The number of benzene rings is 1. The first kappa shape index (κ1) is 20.0. The van der Waals surface area contributed by atoms with Crippen molar-refractivity contribution in [1.29, 1.82) is 0 Å². The molecule has 0 unspecified atom stereocenters. The Labute approximate surface area is 163 Å². The van der Waals surface area contributed by atoms with Crippen LogP contribution < -0.4 is 5.56 Å². The van der Waals surface area contributed by atoms with Crippen LogP contribution in [0.15, 0.2) is 56.8 Å². The lowest BCUT2D eigenvalue weighted by atomic mass is 10.1. The third-order valence-electron chi connectivity index (χ3n) is 4.38. The highest BCUT2D eigenvalue weighted by Gasteiger charge is 2.22. The summed E-state index contributed by atoms with van der Waals surface area (Å²) in [5.41, 5.74) is 1.56. The summed E-state index contributed by atoms with van der Waals surface area (Å²) < 4.78 is 33.2. The van der Waals surface area contributed by atoms with E-state index in [1.165, 1.54) is 27.2 Å². The van der Waals surface area contributed by atoms with Crippen LogP contribution in [0.4, 0.5) is 0 Å². The molecule has 1 aromatic carbocycles. The van der Waals surface area contributed by atoms with E-state index in [1.807, 2.05) is 31.2 Å². The zero-order valence-corrected chi connectivity index (χ0v) is 16.8. The summed E-state index contributed by atoms with van der Waals surface area (Å²) >= 11 is 0. The molecule has 2 heterocycles. The maximum absolute atomic E-state index is 12.7. The number of pyridine rings is 1. The monoisotopic (exact) mass is 402 g/mol. The molecule has 0 radical (unpaired) electrons. The highest BCUT2D eigenvalue weighted by atomic mass is 32.2. The number of hydrogen-bond donors (Lipinski definition) is 0. The normalized spacial score (nSPS) is 11.9. The Kier molecular flexibility index (Phi) is 5.76. The van der Waals surface area contributed by atoms with Crippen molar-refractivity contribution in [2.75, 3.05) is 13.1 Å². The molecular formula is C19H22N4O4S. The predicted molar refractivity (Wildman–Crippen MR) is 104 cm³/mol. The van der Waals surface area contributed by atoms with Gasteiger partial charge in [-0.25, -0.2) is 8.42 Å². The van der Waals surface area contributed by atoms with E-state index < -0.39 is 10.0 Å². The highest BCUT2D eigenvalue weighted by Crippen LogP contribution is 2.17. The van der Waals surface area contributed by atoms with E-state index in [4.69, 9.17) is 4.52 Å². The molecule has 0 fully saturated rings. The van der Waals surface area contributed by atoms with Crippen LogP contribution in [0.5, 0.6) is 0 Å². The van der Waals surface area contributed by atoms with Crippen molar-refractivity contribution in [1.82, 2.24) is 19.0 Å². The molecule has 3 aromatic rings. The average Bonchev–Trinajstić information content (AvgIpc) is 3.13. The van der Waals surface area contributed by atoms with Crippen LogP contribution >= 0.6 is 0 Å². The number of sulfonamides is 1. The summed E-state index contributed by atoms with van der Waals surface area (Å²) in [5.74, 6) is 0.630. The maximum Gasteiger partial charge on any atom is 0.251 e. The van der Waals surface area contributed by atoms with E-state index in [9.17, 15) is 13.2 Å². The van der Waals surface area contributed by atoms with E-state index in [-0.39, 0.29) is 22.9 Å². The lowest BCUT2D eigenvalue weighted by Gasteiger charge is -2.18. The minimum Gasteiger partial charge on any atom is -0.337 e. The minimum absolute atomic E-state index is 0.0146. The van der Waals surface area contributed by atoms with Gasteiger partial charge in [-0.1, -0.05) is 48.8 Å². The van der Waals surface area contributed by atoms with Crippen LogP contribution in [0.3, 0.4) is 0 Å². The fourth-order valence-corrected chi connectivity index (χ4v) is 4.26. The molecule has 0 aliphatic carbocycles. The number of aryl methyl sites for hydroxylation is 1. The molecule has 0 N–H and O–H groups in total. The fourth-order valence-electron chi connectivity index (χ4n) is 2.78. The molecule has 8 nitrogen and oxygen atoms in total. The average molecular weight is 402 g/mol. The van der Waals surface area contributed by atoms with Crippen molar-refractivity contribution in [3.8, 4) is 11.4 Å². The standard InChI is InChI=1S/C19H22N4O4S/c1-4-23(5-2)28(25,26)16-10-11-18(24)22(12-16)13-17-20-19(21-27-17)15-8-6-14(3)7-9-15/h6-12H,4-5,13H2,1-3H3. The molecule has 2 aromatic heterocycles. The number of rotatable bonds is 7. The van der Waals surface area contributed by atoms with Gasteiger partial charge in [-0.15, -0.1) is 0 Å². The van der Waals surface area contributed by atoms with Gasteiger partial charge in [0.15, 0.2) is 0 Å². The second-order valence-electron chi connectivity index (χ2n) is 6.30. The van der Waals surface area contributed by atoms with Gasteiger partial charge in [-0.05, 0) is 13.0 Å². The third-order valence-corrected chi connectivity index (χ3v) is 6.42. The van der Waals surface area contributed by atoms with Crippen molar-refractivity contribution in [3.63, 3.8) is 0 Å². The van der Waals surface area contributed by atoms with Crippen LogP contribution in [-0.2, 0) is 16.6 Å². The van der Waals surface area contributed by atoms with Gasteiger partial charge in [0.2, 0.25) is 21.7 Å². The summed E-state index contributed by atoms with van der Waals surface area (Å²) in [4.78, 5) is 16.5. The van der Waals surface area contributed by atoms with Crippen molar-refractivity contribution in [2.45, 2.75) is 32.2 Å². The summed E-state index contributed by atoms with van der Waals surface area (Å²) in [6, 6.07) is 10.2. The molecular weight excluding hydrogens is 380 g/mol. The molecule has 9 heteroatoms. The van der Waals surface area contributed by atoms with Crippen LogP contribution in [-0.4, -0.2) is 40.5 Å². The number of aromatic nitrogens is 3. The Bertz CT molecular complexity index is 1110. The predicted octanol–water partition coefficient (Wildman–Crippen LogP) is 2.29. The number of nitrogens with zero attached hydrogens (tertiary/aromatic N) is 4. The van der Waals surface area contributed by atoms with Crippen molar-refractivity contribution >= 4 is 10.0 Å². The second kappa shape index (κ2) is 8.07. The molecule has 148 valence electrons. The van der Waals surface area contributed by atoms with Gasteiger partial charge in [-0.3, -0.25) is 4.79 Å². The van der Waals surface area contributed by atoms with Crippen LogP contribution in [0, 0.1) is 6.92 Å². The van der Waals surface area contributed by atoms with E-state index in [2.05, 4.69) is 10.1 Å².